The Labute approximate surface area is 120 Å². The summed E-state index contributed by atoms with van der Waals surface area (Å²) in [6, 6.07) is 10.2. The highest BCUT2D eigenvalue weighted by atomic mass is 35.5. The highest BCUT2D eigenvalue weighted by Gasteiger charge is 2.36. The molecule has 2 unspecified atom stereocenters. The summed E-state index contributed by atoms with van der Waals surface area (Å²) in [5.74, 6) is 0. The fourth-order valence-corrected chi connectivity index (χ4v) is 3.92. The average molecular weight is 279 g/mol. The number of hydrogen-bond acceptors (Lipinski definition) is 2. The van der Waals surface area contributed by atoms with Crippen LogP contribution in [0.5, 0.6) is 0 Å². The molecule has 1 aromatic carbocycles. The van der Waals surface area contributed by atoms with Gasteiger partial charge in [0.05, 0.1) is 0 Å². The van der Waals surface area contributed by atoms with E-state index < -0.39 is 0 Å². The highest BCUT2D eigenvalue weighted by Crippen LogP contribution is 2.33. The molecule has 0 amide bonds. The van der Waals surface area contributed by atoms with E-state index in [-0.39, 0.29) is 0 Å². The van der Waals surface area contributed by atoms with Crippen LogP contribution in [0, 0.1) is 0 Å². The molecular formula is C16H23ClN2. The third-order valence-corrected chi connectivity index (χ3v) is 4.99. The summed E-state index contributed by atoms with van der Waals surface area (Å²) in [4.78, 5) is 2.72. The molecule has 2 saturated heterocycles. The zero-order chi connectivity index (χ0) is 13.2. The maximum atomic E-state index is 6.17. The molecule has 2 aliphatic heterocycles. The predicted molar refractivity (Wildman–Crippen MR) is 80.5 cm³/mol. The van der Waals surface area contributed by atoms with Gasteiger partial charge in [-0.2, -0.15) is 0 Å². The Morgan fingerprint density at radius 2 is 1.74 bits per heavy atom. The van der Waals surface area contributed by atoms with E-state index in [4.69, 9.17) is 17.3 Å². The Hall–Kier alpha value is -0.570. The van der Waals surface area contributed by atoms with Crippen LogP contribution in [-0.4, -0.2) is 29.6 Å². The van der Waals surface area contributed by atoms with Gasteiger partial charge in [0.1, 0.15) is 0 Å². The lowest BCUT2D eigenvalue weighted by molar-refractivity contribution is 0.0327. The Bertz CT molecular complexity index is 403. The second-order valence-electron chi connectivity index (χ2n) is 6.08. The minimum Gasteiger partial charge on any atom is -0.328 e. The molecule has 104 valence electrons. The molecule has 3 rings (SSSR count). The van der Waals surface area contributed by atoms with Crippen molar-refractivity contribution in [1.29, 1.82) is 0 Å². The molecule has 2 N–H and O–H groups in total. The van der Waals surface area contributed by atoms with Crippen LogP contribution in [0.4, 0.5) is 0 Å². The largest absolute Gasteiger partial charge is 0.328 e. The van der Waals surface area contributed by atoms with Gasteiger partial charge in [0.2, 0.25) is 0 Å². The second-order valence-corrected chi connectivity index (χ2v) is 6.52. The topological polar surface area (TPSA) is 29.3 Å². The average Bonchev–Trinajstić information content (AvgIpc) is 2.38. The van der Waals surface area contributed by atoms with Gasteiger partial charge in [-0.1, -0.05) is 30.2 Å². The molecule has 2 bridgehead atoms. The molecule has 2 nitrogen and oxygen atoms in total. The van der Waals surface area contributed by atoms with Crippen molar-refractivity contribution >= 4 is 11.6 Å². The summed E-state index contributed by atoms with van der Waals surface area (Å²) in [5.41, 5.74) is 7.56. The minimum atomic E-state index is 0.432. The first-order chi connectivity index (χ1) is 9.22. The molecular weight excluding hydrogens is 256 g/mol. The molecule has 0 aliphatic carbocycles. The van der Waals surface area contributed by atoms with Gasteiger partial charge in [-0.3, -0.25) is 4.90 Å². The van der Waals surface area contributed by atoms with Crippen molar-refractivity contribution in [3.63, 3.8) is 0 Å². The van der Waals surface area contributed by atoms with E-state index >= 15 is 0 Å². The number of piperidine rings is 2. The normalized spacial score (nSPS) is 31.4. The summed E-state index contributed by atoms with van der Waals surface area (Å²) in [6.45, 7) is 1.17. The summed E-state index contributed by atoms with van der Waals surface area (Å²) in [7, 11) is 0. The van der Waals surface area contributed by atoms with Crippen molar-refractivity contribution in [2.45, 2.75) is 56.7 Å². The SMILES string of the molecule is NC1CC2CCCC(C1)N2CCc1ccc(Cl)cc1. The van der Waals surface area contributed by atoms with Gasteiger partial charge < -0.3 is 5.73 Å². The lowest BCUT2D eigenvalue weighted by Gasteiger charge is -2.48. The van der Waals surface area contributed by atoms with Crippen LogP contribution in [-0.2, 0) is 6.42 Å². The van der Waals surface area contributed by atoms with E-state index in [9.17, 15) is 0 Å². The van der Waals surface area contributed by atoms with Gasteiger partial charge in [0.15, 0.2) is 0 Å². The van der Waals surface area contributed by atoms with E-state index in [0.717, 1.165) is 23.5 Å². The number of halogens is 1. The summed E-state index contributed by atoms with van der Waals surface area (Å²) in [6.07, 6.45) is 7.57. The molecule has 3 heteroatoms. The first-order valence-electron chi connectivity index (χ1n) is 7.48. The number of hydrogen-bond donors (Lipinski definition) is 1. The van der Waals surface area contributed by atoms with Gasteiger partial charge in [-0.25, -0.2) is 0 Å². The number of benzene rings is 1. The monoisotopic (exact) mass is 278 g/mol. The fraction of sp³-hybridized carbons (Fsp3) is 0.625. The molecule has 2 atom stereocenters. The number of rotatable bonds is 3. The Balaban J connectivity index is 1.61. The van der Waals surface area contributed by atoms with E-state index in [1.54, 1.807) is 0 Å². The van der Waals surface area contributed by atoms with Crippen molar-refractivity contribution in [3.8, 4) is 0 Å². The Morgan fingerprint density at radius 3 is 2.37 bits per heavy atom. The maximum Gasteiger partial charge on any atom is 0.0406 e. The minimum absolute atomic E-state index is 0.432. The standard InChI is InChI=1S/C16H23ClN2/c17-13-6-4-12(5-7-13)8-9-19-15-2-1-3-16(19)11-14(18)10-15/h4-7,14-16H,1-3,8-11,18H2. The summed E-state index contributed by atoms with van der Waals surface area (Å²) < 4.78 is 0. The van der Waals surface area contributed by atoms with Crippen LogP contribution in [0.2, 0.25) is 5.02 Å². The molecule has 2 fully saturated rings. The van der Waals surface area contributed by atoms with Crippen LogP contribution in [0.25, 0.3) is 0 Å². The molecule has 0 spiro atoms. The Kier molecular flexibility index (Phi) is 4.11. The van der Waals surface area contributed by atoms with Crippen molar-refractivity contribution < 1.29 is 0 Å². The molecule has 0 radical (unpaired) electrons. The highest BCUT2D eigenvalue weighted by molar-refractivity contribution is 6.30. The maximum absolute atomic E-state index is 6.17. The van der Waals surface area contributed by atoms with E-state index in [0.29, 0.717) is 6.04 Å². The van der Waals surface area contributed by atoms with Crippen molar-refractivity contribution in [2.24, 2.45) is 5.73 Å². The molecule has 19 heavy (non-hydrogen) atoms. The van der Waals surface area contributed by atoms with Gasteiger partial charge in [-0.05, 0) is 49.8 Å². The summed E-state index contributed by atoms with van der Waals surface area (Å²) in [5, 5.41) is 0.824. The third-order valence-electron chi connectivity index (χ3n) is 4.73. The lowest BCUT2D eigenvalue weighted by atomic mass is 9.82. The first kappa shape index (κ1) is 13.4. The van der Waals surface area contributed by atoms with Crippen LogP contribution >= 0.6 is 11.6 Å². The molecule has 1 aromatic rings. The third kappa shape index (κ3) is 3.13. The van der Waals surface area contributed by atoms with E-state index in [1.165, 1.54) is 44.2 Å². The lowest BCUT2D eigenvalue weighted by Crippen LogP contribution is -2.55. The van der Waals surface area contributed by atoms with Crippen molar-refractivity contribution in [2.75, 3.05) is 6.54 Å². The van der Waals surface area contributed by atoms with Crippen LogP contribution in [0.1, 0.15) is 37.7 Å². The smallest absolute Gasteiger partial charge is 0.0406 e. The number of fused-ring (bicyclic) bond motifs is 2. The Morgan fingerprint density at radius 1 is 1.11 bits per heavy atom. The van der Waals surface area contributed by atoms with Crippen LogP contribution in [0.15, 0.2) is 24.3 Å². The zero-order valence-electron chi connectivity index (χ0n) is 11.4. The molecule has 2 heterocycles. The van der Waals surface area contributed by atoms with Gasteiger partial charge in [0.25, 0.3) is 0 Å². The molecule has 2 aliphatic rings. The number of nitrogens with zero attached hydrogens (tertiary/aromatic N) is 1. The van der Waals surface area contributed by atoms with Crippen LogP contribution < -0.4 is 5.73 Å². The van der Waals surface area contributed by atoms with Crippen molar-refractivity contribution in [1.82, 2.24) is 4.90 Å². The van der Waals surface area contributed by atoms with Crippen LogP contribution in [0.3, 0.4) is 0 Å². The van der Waals surface area contributed by atoms with Gasteiger partial charge >= 0.3 is 0 Å². The second kappa shape index (κ2) is 5.82. The summed E-state index contributed by atoms with van der Waals surface area (Å²) >= 11 is 5.93. The molecule has 0 saturated carbocycles. The quantitative estimate of drug-likeness (QED) is 0.920. The number of nitrogens with two attached hydrogens (primary N) is 1. The molecule has 0 aromatic heterocycles. The first-order valence-corrected chi connectivity index (χ1v) is 7.86. The van der Waals surface area contributed by atoms with Crippen molar-refractivity contribution in [3.05, 3.63) is 34.9 Å². The zero-order valence-corrected chi connectivity index (χ0v) is 12.1. The van der Waals surface area contributed by atoms with Gasteiger partial charge in [0, 0.05) is 29.7 Å². The predicted octanol–water partition coefficient (Wildman–Crippen LogP) is 3.23. The van der Waals surface area contributed by atoms with E-state index in [2.05, 4.69) is 17.0 Å². The van der Waals surface area contributed by atoms with Gasteiger partial charge in [-0.15, -0.1) is 0 Å². The fourth-order valence-electron chi connectivity index (χ4n) is 3.79. The van der Waals surface area contributed by atoms with E-state index in [1.807, 2.05) is 12.1 Å².